The summed E-state index contributed by atoms with van der Waals surface area (Å²) in [6.45, 7) is 6.78. The summed E-state index contributed by atoms with van der Waals surface area (Å²) >= 11 is 0. The monoisotopic (exact) mass is 428 g/mol. The molecule has 1 N–H and O–H groups in total. The van der Waals surface area contributed by atoms with E-state index in [-0.39, 0.29) is 18.4 Å². The average molecular weight is 429 g/mol. The number of benzene rings is 1. The number of carbonyl (C=O) groups excluding carboxylic acids is 1. The van der Waals surface area contributed by atoms with Gasteiger partial charge in [0.1, 0.15) is 0 Å². The molecule has 1 aliphatic carbocycles. The van der Waals surface area contributed by atoms with E-state index in [0.717, 1.165) is 32.5 Å². The van der Waals surface area contributed by atoms with Crippen molar-refractivity contribution in [2.45, 2.75) is 45.4 Å². The number of allylic oxidation sites excluding steroid dienone is 1. The predicted octanol–water partition coefficient (Wildman–Crippen LogP) is 3.02. The van der Waals surface area contributed by atoms with Crippen LogP contribution in [0.3, 0.4) is 0 Å². The van der Waals surface area contributed by atoms with Crippen LogP contribution in [0.4, 0.5) is 0 Å². The van der Waals surface area contributed by atoms with Gasteiger partial charge in [0.2, 0.25) is 6.29 Å². The number of carbonyl (C=O) groups is 1. The van der Waals surface area contributed by atoms with Gasteiger partial charge in [-0.1, -0.05) is 30.3 Å². The fourth-order valence-corrected chi connectivity index (χ4v) is 4.90. The molecule has 4 rings (SSSR count). The lowest BCUT2D eigenvalue weighted by atomic mass is 9.82. The van der Waals surface area contributed by atoms with Gasteiger partial charge in [0, 0.05) is 51.9 Å². The zero-order chi connectivity index (χ0) is 21.6. The van der Waals surface area contributed by atoms with Crippen LogP contribution < -0.4 is 0 Å². The number of hydrogen-bond donors (Lipinski definition) is 1. The van der Waals surface area contributed by atoms with Crippen LogP contribution >= 0.6 is 0 Å². The van der Waals surface area contributed by atoms with Crippen LogP contribution in [0.25, 0.3) is 0 Å². The lowest BCUT2D eigenvalue weighted by Gasteiger charge is -2.39. The first-order chi connectivity index (χ1) is 15.2. The number of ether oxygens (including phenoxy) is 2. The SMILES string of the molecule is CCO[C@H]1OC(C(=O)N2CCN(Cc3ccccc3)CC2)=C[C@@H](C2CC2)[C@H]1CCCO. The molecule has 0 unspecified atom stereocenters. The van der Waals surface area contributed by atoms with Crippen LogP contribution in [0.1, 0.15) is 38.2 Å². The highest BCUT2D eigenvalue weighted by atomic mass is 16.7. The van der Waals surface area contributed by atoms with Gasteiger partial charge in [0.25, 0.3) is 5.91 Å². The van der Waals surface area contributed by atoms with E-state index in [1.165, 1.54) is 18.4 Å². The molecule has 0 bridgehead atoms. The Labute approximate surface area is 185 Å². The molecule has 0 radical (unpaired) electrons. The molecule has 2 heterocycles. The molecule has 0 aromatic heterocycles. The Kier molecular flexibility index (Phi) is 7.64. The Hall–Kier alpha value is -1.89. The first-order valence-corrected chi connectivity index (χ1v) is 11.9. The first kappa shape index (κ1) is 22.3. The van der Waals surface area contributed by atoms with Gasteiger partial charge in [-0.25, -0.2) is 0 Å². The molecule has 6 nitrogen and oxygen atoms in total. The molecule has 1 aromatic rings. The smallest absolute Gasteiger partial charge is 0.288 e. The van der Waals surface area contributed by atoms with Crippen LogP contribution in [0.5, 0.6) is 0 Å². The van der Waals surface area contributed by atoms with E-state index in [9.17, 15) is 9.90 Å². The molecule has 1 aromatic carbocycles. The number of aliphatic hydroxyl groups is 1. The molecule has 1 amide bonds. The van der Waals surface area contributed by atoms with Crippen LogP contribution in [0, 0.1) is 17.8 Å². The number of piperazine rings is 1. The van der Waals surface area contributed by atoms with Crippen LogP contribution in [-0.4, -0.2) is 66.5 Å². The number of nitrogens with zero attached hydrogens (tertiary/aromatic N) is 2. The van der Waals surface area contributed by atoms with Gasteiger partial charge in [-0.05, 0) is 56.1 Å². The molecular formula is C25H36N2O4. The summed E-state index contributed by atoms with van der Waals surface area (Å²) in [5, 5.41) is 9.32. The van der Waals surface area contributed by atoms with E-state index in [2.05, 4.69) is 35.2 Å². The zero-order valence-corrected chi connectivity index (χ0v) is 18.6. The quantitative estimate of drug-likeness (QED) is 0.655. The highest BCUT2D eigenvalue weighted by Crippen LogP contribution is 2.47. The van der Waals surface area contributed by atoms with E-state index in [1.807, 2.05) is 17.9 Å². The molecule has 3 atom stereocenters. The van der Waals surface area contributed by atoms with Gasteiger partial charge in [0.05, 0.1) is 0 Å². The van der Waals surface area contributed by atoms with Gasteiger partial charge >= 0.3 is 0 Å². The molecule has 170 valence electrons. The second kappa shape index (κ2) is 10.6. The van der Waals surface area contributed by atoms with Gasteiger partial charge in [0.15, 0.2) is 5.76 Å². The third-order valence-corrected chi connectivity index (χ3v) is 6.74. The molecule has 1 saturated carbocycles. The molecule has 2 fully saturated rings. The molecule has 3 aliphatic rings. The molecule has 31 heavy (non-hydrogen) atoms. The maximum atomic E-state index is 13.3. The fraction of sp³-hybridized carbons (Fsp3) is 0.640. The van der Waals surface area contributed by atoms with E-state index in [0.29, 0.717) is 37.3 Å². The summed E-state index contributed by atoms with van der Waals surface area (Å²) in [6, 6.07) is 10.5. The number of amides is 1. The third kappa shape index (κ3) is 5.68. The van der Waals surface area contributed by atoms with E-state index in [4.69, 9.17) is 9.47 Å². The summed E-state index contributed by atoms with van der Waals surface area (Å²) in [5.74, 6) is 1.58. The number of hydrogen-bond acceptors (Lipinski definition) is 5. The molecular weight excluding hydrogens is 392 g/mol. The minimum absolute atomic E-state index is 0.00433. The summed E-state index contributed by atoms with van der Waals surface area (Å²) in [4.78, 5) is 17.6. The zero-order valence-electron chi connectivity index (χ0n) is 18.6. The minimum atomic E-state index is -0.398. The van der Waals surface area contributed by atoms with Gasteiger partial charge in [-0.3, -0.25) is 9.69 Å². The normalized spacial score (nSPS) is 27.0. The Morgan fingerprint density at radius 3 is 2.55 bits per heavy atom. The topological polar surface area (TPSA) is 62.2 Å². The van der Waals surface area contributed by atoms with Crippen molar-refractivity contribution in [3.8, 4) is 0 Å². The van der Waals surface area contributed by atoms with Crippen molar-refractivity contribution >= 4 is 5.91 Å². The van der Waals surface area contributed by atoms with E-state index < -0.39 is 6.29 Å². The largest absolute Gasteiger partial charge is 0.459 e. The van der Waals surface area contributed by atoms with Crippen LogP contribution in [0.15, 0.2) is 42.2 Å². The van der Waals surface area contributed by atoms with Crippen molar-refractivity contribution in [1.29, 1.82) is 0 Å². The van der Waals surface area contributed by atoms with Gasteiger partial charge in [-0.2, -0.15) is 0 Å². The van der Waals surface area contributed by atoms with Gasteiger partial charge in [-0.15, -0.1) is 0 Å². The maximum absolute atomic E-state index is 13.3. The Balaban J connectivity index is 1.39. The van der Waals surface area contributed by atoms with Crippen LogP contribution in [0.2, 0.25) is 0 Å². The fourth-order valence-electron chi connectivity index (χ4n) is 4.90. The van der Waals surface area contributed by atoms with Crippen molar-refractivity contribution in [2.75, 3.05) is 39.4 Å². The van der Waals surface area contributed by atoms with Crippen molar-refractivity contribution in [3.05, 3.63) is 47.7 Å². The lowest BCUT2D eigenvalue weighted by Crippen LogP contribution is -2.50. The Morgan fingerprint density at radius 2 is 1.90 bits per heavy atom. The van der Waals surface area contributed by atoms with E-state index in [1.54, 1.807) is 0 Å². The van der Waals surface area contributed by atoms with E-state index >= 15 is 0 Å². The lowest BCUT2D eigenvalue weighted by molar-refractivity contribution is -0.177. The average Bonchev–Trinajstić information content (AvgIpc) is 3.64. The molecule has 1 saturated heterocycles. The standard InChI is InChI=1S/C25H36N2O4/c1-2-30-25-21(9-6-16-28)22(20-10-11-20)17-23(31-25)24(29)27-14-12-26(13-15-27)18-19-7-4-3-5-8-19/h3-5,7-8,17,20-22,25,28H,2,6,9-16,18H2,1H3/t21-,22+,25+/m1/s1. The Morgan fingerprint density at radius 1 is 1.16 bits per heavy atom. The Bertz CT molecular complexity index is 741. The molecule has 6 heteroatoms. The van der Waals surface area contributed by atoms with Crippen molar-refractivity contribution in [3.63, 3.8) is 0 Å². The summed E-state index contributed by atoms with van der Waals surface area (Å²) in [7, 11) is 0. The van der Waals surface area contributed by atoms with Crippen LogP contribution in [-0.2, 0) is 20.8 Å². The second-order valence-electron chi connectivity index (χ2n) is 8.97. The van der Waals surface area contributed by atoms with Gasteiger partial charge < -0.3 is 19.5 Å². The third-order valence-electron chi connectivity index (χ3n) is 6.74. The highest BCUT2D eigenvalue weighted by molar-refractivity contribution is 5.91. The van der Waals surface area contributed by atoms with Crippen molar-refractivity contribution < 1.29 is 19.4 Å². The second-order valence-corrected chi connectivity index (χ2v) is 8.97. The number of rotatable bonds is 9. The van der Waals surface area contributed by atoms with Crippen molar-refractivity contribution in [2.24, 2.45) is 17.8 Å². The number of aliphatic hydroxyl groups excluding tert-OH is 1. The maximum Gasteiger partial charge on any atom is 0.288 e. The highest BCUT2D eigenvalue weighted by Gasteiger charge is 2.44. The molecule has 2 aliphatic heterocycles. The first-order valence-electron chi connectivity index (χ1n) is 11.9. The predicted molar refractivity (Wildman–Crippen MR) is 119 cm³/mol. The molecule has 0 spiro atoms. The minimum Gasteiger partial charge on any atom is -0.459 e. The van der Waals surface area contributed by atoms with Crippen molar-refractivity contribution in [1.82, 2.24) is 9.80 Å². The summed E-state index contributed by atoms with van der Waals surface area (Å²) in [6.07, 6.45) is 5.68. The summed E-state index contributed by atoms with van der Waals surface area (Å²) in [5.41, 5.74) is 1.31. The summed E-state index contributed by atoms with van der Waals surface area (Å²) < 4.78 is 12.1.